The van der Waals surface area contributed by atoms with Crippen LogP contribution in [0.15, 0.2) is 48.5 Å². The van der Waals surface area contributed by atoms with Gasteiger partial charge in [-0.05, 0) is 30.0 Å². The summed E-state index contributed by atoms with van der Waals surface area (Å²) in [4.78, 5) is 10.9. The molecule has 3 N–H and O–H groups in total. The van der Waals surface area contributed by atoms with Crippen molar-refractivity contribution in [1.82, 2.24) is 0 Å². The van der Waals surface area contributed by atoms with E-state index in [0.717, 1.165) is 23.1 Å². The fraction of sp³-hybridized carbons (Fsp3) is 0.188. The lowest BCUT2D eigenvalue weighted by Gasteiger charge is -2.11. The second kappa shape index (κ2) is 6.73. The summed E-state index contributed by atoms with van der Waals surface area (Å²) in [5.41, 5.74) is 3.38. The van der Waals surface area contributed by atoms with Crippen LogP contribution in [0.5, 0.6) is 0 Å². The molecule has 0 radical (unpaired) electrons. The monoisotopic (exact) mass is 271 g/mol. The molecule has 0 atom stereocenters. The number of benzene rings is 2. The van der Waals surface area contributed by atoms with Gasteiger partial charge in [0.25, 0.3) is 0 Å². The molecule has 0 fully saturated rings. The van der Waals surface area contributed by atoms with E-state index >= 15 is 0 Å². The molecule has 0 saturated heterocycles. The molecule has 0 heterocycles. The van der Waals surface area contributed by atoms with Crippen LogP contribution in [0.3, 0.4) is 0 Å². The number of carbonyl (C=O) groups is 1. The molecule has 0 spiro atoms. The largest absolute Gasteiger partial charge is 0.465 e. The van der Waals surface area contributed by atoms with Gasteiger partial charge in [-0.1, -0.05) is 42.5 Å². The van der Waals surface area contributed by atoms with Crippen LogP contribution in [0, 0.1) is 0 Å². The van der Waals surface area contributed by atoms with Gasteiger partial charge in [0.1, 0.15) is 0 Å². The van der Waals surface area contributed by atoms with Gasteiger partial charge >= 0.3 is 6.09 Å². The zero-order chi connectivity index (χ0) is 14.4. The summed E-state index contributed by atoms with van der Waals surface area (Å²) in [6.45, 7) is 0.127. The summed E-state index contributed by atoms with van der Waals surface area (Å²) < 4.78 is 0. The number of aliphatic hydroxyl groups excluding tert-OH is 1. The lowest BCUT2D eigenvalue weighted by atomic mass is 10.00. The lowest BCUT2D eigenvalue weighted by molar-refractivity contribution is 0.210. The van der Waals surface area contributed by atoms with E-state index < -0.39 is 6.09 Å². The third-order valence-corrected chi connectivity index (χ3v) is 3.03. The van der Waals surface area contributed by atoms with Gasteiger partial charge in [-0.25, -0.2) is 4.79 Å². The fourth-order valence-corrected chi connectivity index (χ4v) is 2.12. The number of carboxylic acid groups (broad SMARTS) is 1. The summed E-state index contributed by atoms with van der Waals surface area (Å²) in [5.74, 6) is 0. The van der Waals surface area contributed by atoms with Crippen LogP contribution in [0.4, 0.5) is 10.5 Å². The molecule has 0 saturated carbocycles. The first kappa shape index (κ1) is 14.1. The van der Waals surface area contributed by atoms with Gasteiger partial charge in [-0.2, -0.15) is 0 Å². The first-order valence-corrected chi connectivity index (χ1v) is 6.50. The van der Waals surface area contributed by atoms with E-state index in [4.69, 9.17) is 10.2 Å². The Morgan fingerprint density at radius 3 is 2.50 bits per heavy atom. The van der Waals surface area contributed by atoms with E-state index in [-0.39, 0.29) is 6.61 Å². The number of hydrogen-bond acceptors (Lipinski definition) is 2. The number of aryl methyl sites for hydroxylation is 1. The standard InChI is InChI=1S/C16H17NO3/c18-10-4-5-12-8-9-14(13-6-2-1-3-7-13)15(11-12)17-16(19)20/h1-3,6-9,11,17-18H,4-5,10H2,(H,19,20). The molecule has 2 aromatic carbocycles. The minimum absolute atomic E-state index is 0.127. The van der Waals surface area contributed by atoms with Gasteiger partial charge in [0.05, 0.1) is 5.69 Å². The van der Waals surface area contributed by atoms with Crippen LogP contribution in [0.1, 0.15) is 12.0 Å². The second-order valence-electron chi connectivity index (χ2n) is 4.50. The van der Waals surface area contributed by atoms with Crippen molar-refractivity contribution >= 4 is 11.8 Å². The Hall–Kier alpha value is -2.33. The average Bonchev–Trinajstić information content (AvgIpc) is 2.45. The van der Waals surface area contributed by atoms with Gasteiger partial charge in [-0.3, -0.25) is 5.32 Å². The van der Waals surface area contributed by atoms with Crippen LogP contribution < -0.4 is 5.32 Å². The molecular formula is C16H17NO3. The van der Waals surface area contributed by atoms with E-state index in [0.29, 0.717) is 12.1 Å². The molecule has 0 aliphatic carbocycles. The van der Waals surface area contributed by atoms with Crippen molar-refractivity contribution in [2.75, 3.05) is 11.9 Å². The highest BCUT2D eigenvalue weighted by Crippen LogP contribution is 2.29. The Labute approximate surface area is 117 Å². The van der Waals surface area contributed by atoms with E-state index in [9.17, 15) is 4.79 Å². The molecular weight excluding hydrogens is 254 g/mol. The molecule has 1 amide bonds. The zero-order valence-electron chi connectivity index (χ0n) is 11.0. The SMILES string of the molecule is O=C(O)Nc1cc(CCCO)ccc1-c1ccccc1. The molecule has 4 nitrogen and oxygen atoms in total. The average molecular weight is 271 g/mol. The van der Waals surface area contributed by atoms with Gasteiger partial charge in [-0.15, -0.1) is 0 Å². The van der Waals surface area contributed by atoms with Crippen molar-refractivity contribution < 1.29 is 15.0 Å². The molecule has 4 heteroatoms. The van der Waals surface area contributed by atoms with Gasteiger partial charge in [0.2, 0.25) is 0 Å². The van der Waals surface area contributed by atoms with E-state index in [1.165, 1.54) is 0 Å². The molecule has 2 rings (SSSR count). The predicted octanol–water partition coefficient (Wildman–Crippen LogP) is 3.37. The molecule has 104 valence electrons. The van der Waals surface area contributed by atoms with Gasteiger partial charge in [0.15, 0.2) is 0 Å². The van der Waals surface area contributed by atoms with Crippen LogP contribution in [-0.4, -0.2) is 22.9 Å². The Kier molecular flexibility index (Phi) is 4.74. The van der Waals surface area contributed by atoms with Crippen molar-refractivity contribution in [3.05, 3.63) is 54.1 Å². The molecule has 0 bridgehead atoms. The summed E-state index contributed by atoms with van der Waals surface area (Å²) >= 11 is 0. The van der Waals surface area contributed by atoms with Gasteiger partial charge in [0, 0.05) is 12.2 Å². The molecule has 0 unspecified atom stereocenters. The van der Waals surface area contributed by atoms with Crippen LogP contribution in [0.25, 0.3) is 11.1 Å². The van der Waals surface area contributed by atoms with E-state index in [1.54, 1.807) is 0 Å². The normalized spacial score (nSPS) is 10.2. The number of aliphatic hydroxyl groups is 1. The lowest BCUT2D eigenvalue weighted by Crippen LogP contribution is -2.08. The van der Waals surface area contributed by atoms with Crippen LogP contribution >= 0.6 is 0 Å². The van der Waals surface area contributed by atoms with Crippen molar-refractivity contribution in [1.29, 1.82) is 0 Å². The maximum absolute atomic E-state index is 10.9. The minimum atomic E-state index is -1.08. The first-order valence-electron chi connectivity index (χ1n) is 6.50. The third kappa shape index (κ3) is 3.59. The highest BCUT2D eigenvalue weighted by molar-refractivity contribution is 5.90. The van der Waals surface area contributed by atoms with E-state index in [2.05, 4.69) is 5.32 Å². The molecule has 0 aliphatic rings. The number of anilines is 1. The Bertz CT molecular complexity index is 582. The summed E-state index contributed by atoms with van der Waals surface area (Å²) in [6, 6.07) is 15.3. The number of rotatable bonds is 5. The van der Waals surface area contributed by atoms with Crippen molar-refractivity contribution in [3.63, 3.8) is 0 Å². The minimum Gasteiger partial charge on any atom is -0.465 e. The maximum Gasteiger partial charge on any atom is 0.409 e. The highest BCUT2D eigenvalue weighted by Gasteiger charge is 2.08. The van der Waals surface area contributed by atoms with Crippen molar-refractivity contribution in [2.45, 2.75) is 12.8 Å². The molecule has 0 aromatic heterocycles. The van der Waals surface area contributed by atoms with Crippen LogP contribution in [-0.2, 0) is 6.42 Å². The smallest absolute Gasteiger partial charge is 0.409 e. The summed E-state index contributed by atoms with van der Waals surface area (Å²) in [7, 11) is 0. The molecule has 20 heavy (non-hydrogen) atoms. The predicted molar refractivity (Wildman–Crippen MR) is 78.9 cm³/mol. The summed E-state index contributed by atoms with van der Waals surface area (Å²) in [6.07, 6.45) is 0.304. The quantitative estimate of drug-likeness (QED) is 0.781. The molecule has 2 aromatic rings. The number of hydrogen-bond donors (Lipinski definition) is 3. The second-order valence-corrected chi connectivity index (χ2v) is 4.50. The number of amides is 1. The van der Waals surface area contributed by atoms with Crippen molar-refractivity contribution in [3.8, 4) is 11.1 Å². The fourth-order valence-electron chi connectivity index (χ4n) is 2.12. The van der Waals surface area contributed by atoms with Gasteiger partial charge < -0.3 is 10.2 Å². The van der Waals surface area contributed by atoms with Crippen LogP contribution in [0.2, 0.25) is 0 Å². The zero-order valence-corrected chi connectivity index (χ0v) is 11.0. The molecule has 0 aliphatic heterocycles. The third-order valence-electron chi connectivity index (χ3n) is 3.03. The Balaban J connectivity index is 2.37. The van der Waals surface area contributed by atoms with Crippen molar-refractivity contribution in [2.24, 2.45) is 0 Å². The highest BCUT2D eigenvalue weighted by atomic mass is 16.4. The van der Waals surface area contributed by atoms with E-state index in [1.807, 2.05) is 48.5 Å². The summed E-state index contributed by atoms with van der Waals surface area (Å²) in [5, 5.41) is 20.3. The Morgan fingerprint density at radius 1 is 1.10 bits per heavy atom. The first-order chi connectivity index (χ1) is 9.70. The topological polar surface area (TPSA) is 69.6 Å². The maximum atomic E-state index is 10.9. The Morgan fingerprint density at radius 2 is 1.85 bits per heavy atom. The number of nitrogens with one attached hydrogen (secondary N) is 1.